The topological polar surface area (TPSA) is 129 Å². The summed E-state index contributed by atoms with van der Waals surface area (Å²) in [5.74, 6) is -0.432. The molecule has 2 aliphatic heterocycles. The van der Waals surface area contributed by atoms with Crippen LogP contribution in [0.4, 0.5) is 4.79 Å². The largest absolute Gasteiger partial charge is 0.497 e. The quantitative estimate of drug-likeness (QED) is 0.270. The summed E-state index contributed by atoms with van der Waals surface area (Å²) in [7, 11) is 1.60. The number of rotatable bonds is 6. The van der Waals surface area contributed by atoms with E-state index < -0.39 is 47.5 Å². The summed E-state index contributed by atoms with van der Waals surface area (Å²) in [6.45, 7) is 11.9. The Balaban J connectivity index is 1.49. The molecule has 1 N–H and O–H groups in total. The SMILES string of the molecule is COc1ccc2nc3c(nc2c1)O[C@H]1CN(C(=O)[C@H](C(C)(C)C)NC(=O)O[C@@H]2C[C@H]2CCC/C=C/3)[C@H](C(=O)OCC(C)C)[C@@H]1[C@@H](C)c1ccccc1. The lowest BCUT2D eigenvalue weighted by atomic mass is 9.80. The molecule has 2 aromatic carbocycles. The number of benzene rings is 2. The Kier molecular flexibility index (Phi) is 11.1. The maximum Gasteiger partial charge on any atom is 0.408 e. The molecule has 11 heteroatoms. The highest BCUT2D eigenvalue weighted by Gasteiger charge is 2.55. The minimum absolute atomic E-state index is 0.0527. The number of methoxy groups -OCH3 is 1. The first-order valence-corrected chi connectivity index (χ1v) is 18.5. The van der Waals surface area contributed by atoms with Crippen molar-refractivity contribution in [3.63, 3.8) is 0 Å². The summed E-state index contributed by atoms with van der Waals surface area (Å²) >= 11 is 0. The lowest BCUT2D eigenvalue weighted by Crippen LogP contribution is -2.57. The molecule has 0 spiro atoms. The van der Waals surface area contributed by atoms with Crippen molar-refractivity contribution in [2.24, 2.45) is 23.2 Å². The number of alkyl carbamates (subject to hydrolysis) is 1. The summed E-state index contributed by atoms with van der Waals surface area (Å²) in [5, 5.41) is 2.89. The molecule has 1 aromatic heterocycles. The highest BCUT2D eigenvalue weighted by atomic mass is 16.6. The van der Waals surface area contributed by atoms with E-state index in [1.807, 2.05) is 96.1 Å². The van der Waals surface area contributed by atoms with E-state index >= 15 is 0 Å². The zero-order chi connectivity index (χ0) is 37.2. The number of nitrogens with one attached hydrogen (secondary N) is 1. The molecule has 3 aromatic rings. The van der Waals surface area contributed by atoms with E-state index in [-0.39, 0.29) is 37.0 Å². The van der Waals surface area contributed by atoms with E-state index in [0.29, 0.717) is 28.4 Å². The van der Waals surface area contributed by atoms with E-state index in [4.69, 9.17) is 28.9 Å². The van der Waals surface area contributed by atoms with Crippen molar-refractivity contribution in [3.8, 4) is 11.6 Å². The number of allylic oxidation sites excluding steroid dienone is 1. The van der Waals surface area contributed by atoms with Crippen molar-refractivity contribution < 1.29 is 33.3 Å². The first-order valence-electron chi connectivity index (χ1n) is 18.5. The lowest BCUT2D eigenvalue weighted by molar-refractivity contribution is -0.157. The average molecular weight is 713 g/mol. The zero-order valence-electron chi connectivity index (χ0n) is 31.3. The molecule has 1 saturated carbocycles. The molecule has 1 saturated heterocycles. The maximum atomic E-state index is 14.9. The zero-order valence-corrected chi connectivity index (χ0v) is 31.3. The van der Waals surface area contributed by atoms with Crippen molar-refractivity contribution >= 4 is 35.1 Å². The number of amides is 2. The minimum atomic E-state index is -1.02. The van der Waals surface area contributed by atoms with Gasteiger partial charge in [-0.15, -0.1) is 0 Å². The molecule has 1 aliphatic carbocycles. The van der Waals surface area contributed by atoms with E-state index in [1.54, 1.807) is 12.0 Å². The fraction of sp³-hybridized carbons (Fsp3) is 0.537. The molecule has 6 rings (SSSR count). The van der Waals surface area contributed by atoms with E-state index in [1.165, 1.54) is 0 Å². The number of fused-ring (bicyclic) bond motifs is 5. The van der Waals surface area contributed by atoms with Gasteiger partial charge in [0.2, 0.25) is 11.8 Å². The van der Waals surface area contributed by atoms with Gasteiger partial charge < -0.3 is 29.2 Å². The molecular weight excluding hydrogens is 660 g/mol. The first-order chi connectivity index (χ1) is 24.8. The van der Waals surface area contributed by atoms with Gasteiger partial charge in [-0.2, -0.15) is 0 Å². The highest BCUT2D eigenvalue weighted by Crippen LogP contribution is 2.42. The van der Waals surface area contributed by atoms with Gasteiger partial charge in [0.25, 0.3) is 0 Å². The third kappa shape index (κ3) is 8.34. The second-order valence-corrected chi connectivity index (χ2v) is 15.9. The van der Waals surface area contributed by atoms with E-state index in [9.17, 15) is 14.4 Å². The first kappa shape index (κ1) is 37.1. The second kappa shape index (κ2) is 15.5. The van der Waals surface area contributed by atoms with Crippen LogP contribution in [0.2, 0.25) is 0 Å². The summed E-state index contributed by atoms with van der Waals surface area (Å²) in [6, 6.07) is 13.4. The molecule has 0 radical (unpaired) electrons. The average Bonchev–Trinajstić information content (AvgIpc) is 3.74. The fourth-order valence-electron chi connectivity index (χ4n) is 7.34. The number of nitrogens with zero attached hydrogens (tertiary/aromatic N) is 3. The normalized spacial score (nSPS) is 26.5. The fourth-order valence-corrected chi connectivity index (χ4v) is 7.34. The monoisotopic (exact) mass is 712 g/mol. The van der Waals surface area contributed by atoms with Crippen LogP contribution in [0.15, 0.2) is 54.6 Å². The molecule has 7 atom stereocenters. The van der Waals surface area contributed by atoms with Gasteiger partial charge in [0.05, 0.1) is 31.3 Å². The summed E-state index contributed by atoms with van der Waals surface area (Å²) < 4.78 is 24.1. The van der Waals surface area contributed by atoms with Crippen LogP contribution in [-0.4, -0.2) is 77.4 Å². The maximum absolute atomic E-state index is 14.9. The van der Waals surface area contributed by atoms with Gasteiger partial charge in [0, 0.05) is 12.0 Å². The van der Waals surface area contributed by atoms with Gasteiger partial charge in [-0.25, -0.2) is 19.6 Å². The number of hydrogen-bond donors (Lipinski definition) is 1. The second-order valence-electron chi connectivity index (χ2n) is 15.9. The Labute approximate surface area is 306 Å². The summed E-state index contributed by atoms with van der Waals surface area (Å²) in [6.07, 6.45) is 5.89. The standard InChI is InChI=1S/C41H52N4O7/c1-24(2)23-50-39(47)35-34(25(3)26-14-10-8-11-15-26)33-22-45(35)38(46)36(41(4,5)6)44-40(48)52-32-20-27(32)16-12-9-13-17-30-37(51-33)43-31-21-28(49-7)18-19-29(31)42-30/h8,10-11,13-15,17-19,21,24-25,27,32-36H,9,12,16,20,22-23H2,1-7H3,(H,44,48)/b17-13+/t25-,27+,32+,33-,34+,35-,36+/m0/s1. The van der Waals surface area contributed by atoms with Crippen molar-refractivity contribution in [1.82, 2.24) is 20.2 Å². The molecule has 3 aliphatic rings. The van der Waals surface area contributed by atoms with Crippen LogP contribution in [-0.2, 0) is 19.1 Å². The lowest BCUT2D eigenvalue weighted by Gasteiger charge is -2.36. The molecule has 11 nitrogen and oxygen atoms in total. The Morgan fingerprint density at radius 2 is 1.79 bits per heavy atom. The Hall–Kier alpha value is -4.67. The molecule has 2 bridgehead atoms. The molecule has 3 heterocycles. The van der Waals surface area contributed by atoms with Gasteiger partial charge in [-0.3, -0.25) is 4.79 Å². The molecule has 0 unspecified atom stereocenters. The van der Waals surface area contributed by atoms with E-state index in [2.05, 4.69) is 11.4 Å². The molecular formula is C41H52N4O7. The number of hydrogen-bond acceptors (Lipinski definition) is 9. The van der Waals surface area contributed by atoms with Crippen LogP contribution < -0.4 is 14.8 Å². The number of esters is 1. The Bertz CT molecular complexity index is 1790. The van der Waals surface area contributed by atoms with Crippen LogP contribution in [0.3, 0.4) is 0 Å². The van der Waals surface area contributed by atoms with Gasteiger partial charge in [0.15, 0.2) is 0 Å². The van der Waals surface area contributed by atoms with Gasteiger partial charge in [-0.1, -0.05) is 78.0 Å². The van der Waals surface area contributed by atoms with Gasteiger partial charge in [0.1, 0.15) is 35.7 Å². The number of ether oxygens (including phenoxy) is 4. The summed E-state index contributed by atoms with van der Waals surface area (Å²) in [5.41, 5.74) is 2.10. The van der Waals surface area contributed by atoms with Crippen molar-refractivity contribution in [1.29, 1.82) is 0 Å². The number of aromatic nitrogens is 2. The molecule has 278 valence electrons. The smallest absolute Gasteiger partial charge is 0.408 e. The number of carbonyl (C=O) groups excluding carboxylic acids is 3. The Morgan fingerprint density at radius 3 is 2.50 bits per heavy atom. The van der Waals surface area contributed by atoms with Crippen molar-refractivity contribution in [2.45, 2.75) is 97.4 Å². The van der Waals surface area contributed by atoms with Crippen molar-refractivity contribution in [3.05, 3.63) is 65.9 Å². The Morgan fingerprint density at radius 1 is 1.02 bits per heavy atom. The number of carbonyl (C=O) groups is 3. The molecule has 2 amide bonds. The van der Waals surface area contributed by atoms with Gasteiger partial charge >= 0.3 is 12.1 Å². The third-order valence-corrected chi connectivity index (χ3v) is 10.3. The predicted octanol–water partition coefficient (Wildman–Crippen LogP) is 6.94. The minimum Gasteiger partial charge on any atom is -0.497 e. The van der Waals surface area contributed by atoms with Crippen LogP contribution in [0, 0.1) is 23.2 Å². The molecule has 2 fully saturated rings. The predicted molar refractivity (Wildman–Crippen MR) is 198 cm³/mol. The third-order valence-electron chi connectivity index (χ3n) is 10.3. The van der Waals surface area contributed by atoms with Crippen LogP contribution >= 0.6 is 0 Å². The van der Waals surface area contributed by atoms with Crippen LogP contribution in [0.25, 0.3) is 17.1 Å². The van der Waals surface area contributed by atoms with Crippen molar-refractivity contribution in [2.75, 3.05) is 20.3 Å². The highest BCUT2D eigenvalue weighted by molar-refractivity contribution is 5.91. The van der Waals surface area contributed by atoms with Crippen LogP contribution in [0.5, 0.6) is 11.6 Å². The van der Waals surface area contributed by atoms with E-state index in [0.717, 1.165) is 31.2 Å². The summed E-state index contributed by atoms with van der Waals surface area (Å²) in [4.78, 5) is 54.0. The molecule has 52 heavy (non-hydrogen) atoms. The van der Waals surface area contributed by atoms with Gasteiger partial charge in [-0.05, 0) is 72.6 Å². The van der Waals surface area contributed by atoms with Crippen LogP contribution in [0.1, 0.15) is 84.4 Å².